The average molecular weight is 785 g/mol. The second-order valence-electron chi connectivity index (χ2n) is 13.5. The molecule has 1 atom stereocenters. The molecule has 0 aliphatic heterocycles. The van der Waals surface area contributed by atoms with Crippen LogP contribution in [0.1, 0.15) is 149 Å². The highest BCUT2D eigenvalue weighted by Gasteiger charge is 2.19. The van der Waals surface area contributed by atoms with E-state index in [1.165, 1.54) is 0 Å². The van der Waals surface area contributed by atoms with E-state index in [1.54, 1.807) is 0 Å². The molecule has 0 aromatic rings. The minimum absolute atomic E-state index is 0.144. The van der Waals surface area contributed by atoms with E-state index in [2.05, 4.69) is 142 Å². The molecule has 0 N–H and O–H groups in total. The fraction of sp³-hybridized carbons (Fsp3) is 0.510. The Kier molecular flexibility index (Phi) is 40.8. The molecule has 6 nitrogen and oxygen atoms in total. The van der Waals surface area contributed by atoms with Crippen molar-refractivity contribution in [3.05, 3.63) is 134 Å². The zero-order valence-electron chi connectivity index (χ0n) is 35.8. The van der Waals surface area contributed by atoms with E-state index >= 15 is 0 Å². The number of ether oxygens (including phenoxy) is 3. The number of allylic oxidation sites excluding steroid dienone is 22. The normalized spacial score (nSPS) is 13.4. The Morgan fingerprint density at radius 1 is 0.351 bits per heavy atom. The molecule has 57 heavy (non-hydrogen) atoms. The molecule has 0 saturated heterocycles. The lowest BCUT2D eigenvalue weighted by atomic mass is 10.2. The van der Waals surface area contributed by atoms with Crippen molar-refractivity contribution in [1.82, 2.24) is 0 Å². The van der Waals surface area contributed by atoms with Crippen LogP contribution in [0.5, 0.6) is 0 Å². The Balaban J connectivity index is 4.57. The Labute approximate surface area is 347 Å². The highest BCUT2D eigenvalue weighted by Crippen LogP contribution is 2.08. The predicted octanol–water partition coefficient (Wildman–Crippen LogP) is 14.0. The summed E-state index contributed by atoms with van der Waals surface area (Å²) in [6, 6.07) is 0. The second-order valence-corrected chi connectivity index (χ2v) is 13.5. The number of unbranched alkanes of at least 4 members (excludes halogenated alkanes) is 3. The van der Waals surface area contributed by atoms with Gasteiger partial charge in [0.1, 0.15) is 13.2 Å². The van der Waals surface area contributed by atoms with Gasteiger partial charge in [-0.15, -0.1) is 0 Å². The van der Waals surface area contributed by atoms with Crippen molar-refractivity contribution in [3.8, 4) is 0 Å². The quantitative estimate of drug-likeness (QED) is 0.0272. The fourth-order valence-corrected chi connectivity index (χ4v) is 5.00. The van der Waals surface area contributed by atoms with Crippen molar-refractivity contribution < 1.29 is 28.6 Å². The first-order valence-corrected chi connectivity index (χ1v) is 21.7. The first-order chi connectivity index (χ1) is 28.0. The van der Waals surface area contributed by atoms with Crippen molar-refractivity contribution in [2.45, 2.75) is 155 Å². The summed E-state index contributed by atoms with van der Waals surface area (Å²) in [5, 5.41) is 0. The van der Waals surface area contributed by atoms with Crippen LogP contribution >= 0.6 is 0 Å². The minimum atomic E-state index is -0.849. The van der Waals surface area contributed by atoms with E-state index < -0.39 is 12.1 Å². The number of hydrogen-bond donors (Lipinski definition) is 0. The number of carbonyl (C=O) groups is 3. The van der Waals surface area contributed by atoms with Gasteiger partial charge in [0, 0.05) is 19.3 Å². The van der Waals surface area contributed by atoms with Gasteiger partial charge in [0.05, 0.1) is 0 Å². The molecule has 6 heteroatoms. The number of carbonyl (C=O) groups excluding carboxylic acids is 3. The van der Waals surface area contributed by atoms with Gasteiger partial charge in [0.25, 0.3) is 0 Å². The average Bonchev–Trinajstić information content (AvgIpc) is 3.21. The van der Waals surface area contributed by atoms with E-state index in [9.17, 15) is 14.4 Å². The van der Waals surface area contributed by atoms with Crippen LogP contribution in [0.3, 0.4) is 0 Å². The summed E-state index contributed by atoms with van der Waals surface area (Å²) in [7, 11) is 0. The molecule has 0 bridgehead atoms. The van der Waals surface area contributed by atoms with Gasteiger partial charge in [-0.1, -0.05) is 154 Å². The summed E-state index contributed by atoms with van der Waals surface area (Å²) in [6.45, 7) is 6.08. The van der Waals surface area contributed by atoms with Gasteiger partial charge in [0.2, 0.25) is 0 Å². The first-order valence-electron chi connectivity index (χ1n) is 21.7. The van der Waals surface area contributed by atoms with E-state index in [4.69, 9.17) is 14.2 Å². The van der Waals surface area contributed by atoms with E-state index in [-0.39, 0.29) is 44.4 Å². The molecule has 0 aliphatic rings. The zero-order valence-corrected chi connectivity index (χ0v) is 35.8. The summed E-state index contributed by atoms with van der Waals surface area (Å²) < 4.78 is 16.5. The summed E-state index contributed by atoms with van der Waals surface area (Å²) in [5.74, 6) is -1.14. The lowest BCUT2D eigenvalue weighted by molar-refractivity contribution is -0.166. The molecule has 0 amide bonds. The number of hydrogen-bond acceptors (Lipinski definition) is 6. The lowest BCUT2D eigenvalue weighted by Gasteiger charge is -2.18. The van der Waals surface area contributed by atoms with Crippen LogP contribution in [0.2, 0.25) is 0 Å². The van der Waals surface area contributed by atoms with Crippen LogP contribution in [-0.2, 0) is 28.6 Å². The van der Waals surface area contributed by atoms with Crippen LogP contribution in [-0.4, -0.2) is 37.2 Å². The maximum absolute atomic E-state index is 12.6. The largest absolute Gasteiger partial charge is 0.462 e. The van der Waals surface area contributed by atoms with E-state index in [0.29, 0.717) is 19.3 Å². The van der Waals surface area contributed by atoms with Gasteiger partial charge >= 0.3 is 17.9 Å². The molecule has 0 fully saturated rings. The van der Waals surface area contributed by atoms with Gasteiger partial charge < -0.3 is 14.2 Å². The predicted molar refractivity (Wildman–Crippen MR) is 242 cm³/mol. The van der Waals surface area contributed by atoms with E-state index in [1.807, 2.05) is 12.2 Å². The molecule has 0 aromatic heterocycles. The molecule has 0 aromatic carbocycles. The molecule has 0 rings (SSSR count). The third kappa shape index (κ3) is 42.5. The highest BCUT2D eigenvalue weighted by molar-refractivity contribution is 5.71. The zero-order chi connectivity index (χ0) is 41.5. The van der Waals surface area contributed by atoms with Crippen molar-refractivity contribution in [2.24, 2.45) is 0 Å². The Bertz CT molecular complexity index is 1320. The maximum Gasteiger partial charge on any atom is 0.306 e. The lowest BCUT2D eigenvalue weighted by Crippen LogP contribution is -2.30. The molecule has 1 unspecified atom stereocenters. The van der Waals surface area contributed by atoms with Crippen molar-refractivity contribution >= 4 is 17.9 Å². The third-order valence-electron chi connectivity index (χ3n) is 8.14. The van der Waals surface area contributed by atoms with Gasteiger partial charge in [-0.2, -0.15) is 0 Å². The Morgan fingerprint density at radius 2 is 0.667 bits per heavy atom. The van der Waals surface area contributed by atoms with Gasteiger partial charge in [0.15, 0.2) is 6.10 Å². The smallest absolute Gasteiger partial charge is 0.306 e. The standard InChI is InChI=1S/C51H76O6/c1-4-7-10-13-16-19-21-22-23-24-25-26-27-28-30-32-35-38-41-44-50(53)56-47-48(46-55-49(52)43-40-37-34-31-18-15-12-9-6-3)57-51(54)45-42-39-36-33-29-20-17-14-11-8-5-2/h7-12,16-20,22-23,25-26,28,30-31,33,35-36,38,48H,4-6,13-15,21,24,27,29,32,34,37,39-47H2,1-3H3/b10-7-,11-8-,12-9-,19-16-,20-17-,23-22-,26-25-,30-28-,31-18-,36-33-,38-35-. The number of rotatable bonds is 36. The number of esters is 3. The van der Waals surface area contributed by atoms with Crippen molar-refractivity contribution in [3.63, 3.8) is 0 Å². The van der Waals surface area contributed by atoms with Gasteiger partial charge in [-0.05, 0) is 109 Å². The van der Waals surface area contributed by atoms with Crippen molar-refractivity contribution in [1.29, 1.82) is 0 Å². The Morgan fingerprint density at radius 3 is 1.07 bits per heavy atom. The van der Waals surface area contributed by atoms with Crippen LogP contribution in [0.4, 0.5) is 0 Å². The maximum atomic E-state index is 12.6. The topological polar surface area (TPSA) is 78.9 Å². The molecule has 0 saturated carbocycles. The van der Waals surface area contributed by atoms with Gasteiger partial charge in [-0.3, -0.25) is 14.4 Å². The third-order valence-corrected chi connectivity index (χ3v) is 8.14. The summed E-state index contributed by atoms with van der Waals surface area (Å²) >= 11 is 0. The molecule has 0 spiro atoms. The van der Waals surface area contributed by atoms with Gasteiger partial charge in [-0.25, -0.2) is 0 Å². The molecule has 316 valence electrons. The SMILES string of the molecule is CC/C=C\C/C=C\C/C=C\C/C=C\C/C=C\C/C=C\CCC(=O)OCC(COC(=O)CCCC/C=C\C/C=C\CC)OC(=O)CCC/C=C\C/C=C\C/C=C\CC. The first kappa shape index (κ1) is 52.6. The molecule has 0 radical (unpaired) electrons. The van der Waals surface area contributed by atoms with E-state index in [0.717, 1.165) is 89.9 Å². The fourth-order valence-electron chi connectivity index (χ4n) is 5.00. The second kappa shape index (κ2) is 44.3. The summed E-state index contributed by atoms with van der Waals surface area (Å²) in [4.78, 5) is 37.5. The van der Waals surface area contributed by atoms with Crippen LogP contribution in [0, 0.1) is 0 Å². The van der Waals surface area contributed by atoms with Crippen LogP contribution in [0.15, 0.2) is 134 Å². The minimum Gasteiger partial charge on any atom is -0.462 e. The van der Waals surface area contributed by atoms with Crippen LogP contribution in [0.25, 0.3) is 0 Å². The molecule has 0 aliphatic carbocycles. The summed E-state index contributed by atoms with van der Waals surface area (Å²) in [5.41, 5.74) is 0. The summed E-state index contributed by atoms with van der Waals surface area (Å²) in [6.07, 6.45) is 61.9. The molecular weight excluding hydrogens is 709 g/mol. The van der Waals surface area contributed by atoms with Crippen LogP contribution < -0.4 is 0 Å². The molecular formula is C51H76O6. The van der Waals surface area contributed by atoms with Crippen molar-refractivity contribution in [2.75, 3.05) is 13.2 Å². The highest BCUT2D eigenvalue weighted by atomic mass is 16.6. The monoisotopic (exact) mass is 785 g/mol. The Hall–Kier alpha value is -4.45. The molecule has 0 heterocycles.